The molecule has 5 heteroatoms. The third-order valence-electron chi connectivity index (χ3n) is 3.00. The van der Waals surface area contributed by atoms with Crippen molar-refractivity contribution in [2.24, 2.45) is 0 Å². The van der Waals surface area contributed by atoms with Crippen molar-refractivity contribution < 1.29 is 9.32 Å². The molecule has 0 fully saturated rings. The number of benzene rings is 1. The molecular formula is C13H15N3O2. The molecule has 5 nitrogen and oxygen atoms in total. The minimum atomic E-state index is -0.269. The molecule has 0 aliphatic heterocycles. The number of nitrogens with two attached hydrogens (primary N) is 1. The van der Waals surface area contributed by atoms with E-state index in [1.54, 1.807) is 13.0 Å². The lowest BCUT2D eigenvalue weighted by Gasteiger charge is -2.12. The van der Waals surface area contributed by atoms with Gasteiger partial charge in [0.1, 0.15) is 11.3 Å². The Morgan fingerprint density at radius 2 is 2.06 bits per heavy atom. The zero-order valence-corrected chi connectivity index (χ0v) is 10.6. The summed E-state index contributed by atoms with van der Waals surface area (Å²) in [4.78, 5) is 12.0. The zero-order chi connectivity index (χ0) is 13.3. The van der Waals surface area contributed by atoms with Gasteiger partial charge in [0, 0.05) is 0 Å². The van der Waals surface area contributed by atoms with Gasteiger partial charge in [-0.1, -0.05) is 11.2 Å². The van der Waals surface area contributed by atoms with Gasteiger partial charge in [-0.15, -0.1) is 0 Å². The van der Waals surface area contributed by atoms with Crippen molar-refractivity contribution >= 4 is 17.3 Å². The number of rotatable bonds is 2. The van der Waals surface area contributed by atoms with Crippen LogP contribution in [-0.4, -0.2) is 11.1 Å². The van der Waals surface area contributed by atoms with Crippen LogP contribution in [0.1, 0.15) is 27.2 Å². The highest BCUT2D eigenvalue weighted by Crippen LogP contribution is 2.26. The lowest BCUT2D eigenvalue weighted by atomic mass is 10.1. The van der Waals surface area contributed by atoms with Crippen molar-refractivity contribution in [3.05, 3.63) is 40.8 Å². The van der Waals surface area contributed by atoms with Crippen molar-refractivity contribution in [2.75, 3.05) is 11.1 Å². The minimum Gasteiger partial charge on any atom is -0.397 e. The number of nitrogen functional groups attached to an aromatic ring is 1. The van der Waals surface area contributed by atoms with E-state index in [1.807, 2.05) is 19.9 Å². The van der Waals surface area contributed by atoms with Crippen molar-refractivity contribution in [2.45, 2.75) is 20.8 Å². The van der Waals surface area contributed by atoms with E-state index in [1.165, 1.54) is 6.20 Å². The Kier molecular flexibility index (Phi) is 3.06. The first-order valence-electron chi connectivity index (χ1n) is 5.59. The molecule has 0 radical (unpaired) electrons. The molecule has 0 aliphatic rings. The monoisotopic (exact) mass is 245 g/mol. The summed E-state index contributed by atoms with van der Waals surface area (Å²) in [6, 6.07) is 3.70. The molecule has 2 rings (SSSR count). The second kappa shape index (κ2) is 4.52. The van der Waals surface area contributed by atoms with Crippen molar-refractivity contribution in [3.63, 3.8) is 0 Å². The Bertz CT molecular complexity index is 602. The number of hydrogen-bond donors (Lipinski definition) is 2. The summed E-state index contributed by atoms with van der Waals surface area (Å²) in [5, 5.41) is 6.38. The minimum absolute atomic E-state index is 0.269. The number of carbonyl (C=O) groups is 1. The first-order chi connectivity index (χ1) is 8.50. The fourth-order valence-electron chi connectivity index (χ4n) is 1.70. The van der Waals surface area contributed by atoms with E-state index in [0.717, 1.165) is 11.1 Å². The van der Waals surface area contributed by atoms with Gasteiger partial charge >= 0.3 is 0 Å². The average molecular weight is 245 g/mol. The number of hydrogen-bond acceptors (Lipinski definition) is 4. The van der Waals surface area contributed by atoms with Gasteiger partial charge in [-0.3, -0.25) is 4.79 Å². The van der Waals surface area contributed by atoms with E-state index in [9.17, 15) is 4.79 Å². The number of carbonyl (C=O) groups excluding carboxylic acids is 1. The standard InChI is InChI=1S/C13H15N3O2/c1-7-4-5-11(14)12(8(7)2)16-13(17)10-6-15-18-9(10)3/h4-6H,14H2,1-3H3,(H,16,17). The van der Waals surface area contributed by atoms with Crippen molar-refractivity contribution in [3.8, 4) is 0 Å². The lowest BCUT2D eigenvalue weighted by molar-refractivity contribution is 0.102. The summed E-state index contributed by atoms with van der Waals surface area (Å²) in [5.74, 6) is 0.213. The Hall–Kier alpha value is -2.30. The van der Waals surface area contributed by atoms with E-state index < -0.39 is 0 Å². The van der Waals surface area contributed by atoms with Gasteiger partial charge in [0.05, 0.1) is 17.6 Å². The van der Waals surface area contributed by atoms with Gasteiger partial charge in [0.25, 0.3) is 5.91 Å². The third kappa shape index (κ3) is 2.07. The maximum absolute atomic E-state index is 12.0. The Balaban J connectivity index is 2.33. The predicted octanol–water partition coefficient (Wildman–Crippen LogP) is 2.43. The molecule has 1 amide bonds. The van der Waals surface area contributed by atoms with E-state index in [0.29, 0.717) is 22.7 Å². The topological polar surface area (TPSA) is 81.1 Å². The van der Waals surface area contributed by atoms with Gasteiger partial charge in [0.15, 0.2) is 0 Å². The number of amides is 1. The molecule has 1 heterocycles. The van der Waals surface area contributed by atoms with Crippen LogP contribution in [0.15, 0.2) is 22.9 Å². The molecule has 3 N–H and O–H groups in total. The fourth-order valence-corrected chi connectivity index (χ4v) is 1.70. The van der Waals surface area contributed by atoms with Crippen LogP contribution in [0.5, 0.6) is 0 Å². The van der Waals surface area contributed by atoms with Crippen LogP contribution in [0.2, 0.25) is 0 Å². The number of aromatic nitrogens is 1. The normalized spacial score (nSPS) is 10.4. The second-order valence-corrected chi connectivity index (χ2v) is 4.22. The quantitative estimate of drug-likeness (QED) is 0.796. The van der Waals surface area contributed by atoms with Crippen LogP contribution in [0.25, 0.3) is 0 Å². The van der Waals surface area contributed by atoms with Crippen molar-refractivity contribution in [1.82, 2.24) is 5.16 Å². The SMILES string of the molecule is Cc1ccc(N)c(NC(=O)c2cnoc2C)c1C. The maximum Gasteiger partial charge on any atom is 0.260 e. The summed E-state index contributed by atoms with van der Waals surface area (Å²) >= 11 is 0. The molecule has 2 aromatic rings. The molecule has 1 aromatic carbocycles. The summed E-state index contributed by atoms with van der Waals surface area (Å²) in [7, 11) is 0. The Labute approximate surface area is 105 Å². The van der Waals surface area contributed by atoms with E-state index in [2.05, 4.69) is 10.5 Å². The van der Waals surface area contributed by atoms with Crippen LogP contribution in [0.4, 0.5) is 11.4 Å². The first kappa shape index (κ1) is 12.2. The molecule has 1 aromatic heterocycles. The van der Waals surface area contributed by atoms with Crippen LogP contribution in [0, 0.1) is 20.8 Å². The summed E-state index contributed by atoms with van der Waals surface area (Å²) < 4.78 is 4.87. The molecule has 0 aliphatic carbocycles. The molecule has 18 heavy (non-hydrogen) atoms. The summed E-state index contributed by atoms with van der Waals surface area (Å²) in [6.07, 6.45) is 1.39. The second-order valence-electron chi connectivity index (χ2n) is 4.22. The van der Waals surface area contributed by atoms with E-state index in [-0.39, 0.29) is 5.91 Å². The predicted molar refractivity (Wildman–Crippen MR) is 69.5 cm³/mol. The van der Waals surface area contributed by atoms with Crippen LogP contribution in [0.3, 0.4) is 0 Å². The van der Waals surface area contributed by atoms with Gasteiger partial charge < -0.3 is 15.6 Å². The highest BCUT2D eigenvalue weighted by atomic mass is 16.5. The molecule has 0 saturated carbocycles. The highest BCUT2D eigenvalue weighted by molar-refractivity contribution is 6.06. The number of nitrogens with one attached hydrogen (secondary N) is 1. The third-order valence-corrected chi connectivity index (χ3v) is 3.00. The lowest BCUT2D eigenvalue weighted by Crippen LogP contribution is -2.14. The van der Waals surface area contributed by atoms with Crippen LogP contribution >= 0.6 is 0 Å². The zero-order valence-electron chi connectivity index (χ0n) is 10.6. The smallest absolute Gasteiger partial charge is 0.260 e. The summed E-state index contributed by atoms with van der Waals surface area (Å²) in [5.41, 5.74) is 9.50. The number of anilines is 2. The van der Waals surface area contributed by atoms with E-state index >= 15 is 0 Å². The maximum atomic E-state index is 12.0. The van der Waals surface area contributed by atoms with E-state index in [4.69, 9.17) is 10.3 Å². The summed E-state index contributed by atoms with van der Waals surface area (Å²) in [6.45, 7) is 5.57. The fraction of sp³-hybridized carbons (Fsp3) is 0.231. The van der Waals surface area contributed by atoms with Gasteiger partial charge in [-0.2, -0.15) is 0 Å². The van der Waals surface area contributed by atoms with Crippen LogP contribution in [-0.2, 0) is 0 Å². The van der Waals surface area contributed by atoms with Crippen LogP contribution < -0.4 is 11.1 Å². The largest absolute Gasteiger partial charge is 0.397 e. The molecule has 94 valence electrons. The Morgan fingerprint density at radius 1 is 1.33 bits per heavy atom. The van der Waals surface area contributed by atoms with Crippen molar-refractivity contribution in [1.29, 1.82) is 0 Å². The van der Waals surface area contributed by atoms with Gasteiger partial charge in [-0.05, 0) is 38.0 Å². The van der Waals surface area contributed by atoms with Gasteiger partial charge in [0.2, 0.25) is 0 Å². The molecule has 0 atom stereocenters. The molecule has 0 unspecified atom stereocenters. The highest BCUT2D eigenvalue weighted by Gasteiger charge is 2.15. The van der Waals surface area contributed by atoms with Gasteiger partial charge in [-0.25, -0.2) is 0 Å². The molecule has 0 saturated heterocycles. The molecule has 0 bridgehead atoms. The molecular weight excluding hydrogens is 230 g/mol. The number of nitrogens with zero attached hydrogens (tertiary/aromatic N) is 1. The molecule has 0 spiro atoms. The number of aryl methyl sites for hydroxylation is 2. The average Bonchev–Trinajstić information content (AvgIpc) is 2.76. The first-order valence-corrected chi connectivity index (χ1v) is 5.59. The Morgan fingerprint density at radius 3 is 2.67 bits per heavy atom.